The van der Waals surface area contributed by atoms with Gasteiger partial charge < -0.3 is 0 Å². The van der Waals surface area contributed by atoms with Gasteiger partial charge in [0, 0.05) is 11.6 Å². The molecule has 3 rings (SSSR count). The Balaban J connectivity index is 2.33. The molecule has 2 aromatic heterocycles. The molecule has 84 valence electrons. The number of rotatable bonds is 1. The first-order valence-corrected chi connectivity index (χ1v) is 5.01. The number of hydrogen-bond donors (Lipinski definition) is 2. The summed E-state index contributed by atoms with van der Waals surface area (Å²) < 4.78 is 1.08. The van der Waals surface area contributed by atoms with Gasteiger partial charge in [0.15, 0.2) is 0 Å². The molecule has 0 amide bonds. The van der Waals surface area contributed by atoms with Crippen molar-refractivity contribution in [3.05, 3.63) is 57.2 Å². The van der Waals surface area contributed by atoms with Crippen molar-refractivity contribution in [3.8, 4) is 11.3 Å². The molecule has 0 aliphatic rings. The van der Waals surface area contributed by atoms with E-state index in [-0.39, 0.29) is 11.3 Å². The van der Waals surface area contributed by atoms with Crippen LogP contribution in [0.3, 0.4) is 0 Å². The molecular formula is C11H8N4O2. The lowest BCUT2D eigenvalue weighted by Crippen LogP contribution is -2.15. The van der Waals surface area contributed by atoms with E-state index in [0.29, 0.717) is 5.69 Å². The zero-order valence-corrected chi connectivity index (χ0v) is 8.68. The summed E-state index contributed by atoms with van der Waals surface area (Å²) in [6.45, 7) is 0. The largest absolute Gasteiger partial charge is 0.340 e. The summed E-state index contributed by atoms with van der Waals surface area (Å²) in [6.07, 6.45) is 0. The average Bonchev–Trinajstić information content (AvgIpc) is 2.71. The third-order valence-corrected chi connectivity index (χ3v) is 2.43. The molecule has 0 spiro atoms. The summed E-state index contributed by atoms with van der Waals surface area (Å²) >= 11 is 0. The van der Waals surface area contributed by atoms with Gasteiger partial charge in [-0.15, -0.1) is 0 Å². The van der Waals surface area contributed by atoms with Gasteiger partial charge in [-0.05, 0) is 0 Å². The first-order valence-electron chi connectivity index (χ1n) is 5.01. The van der Waals surface area contributed by atoms with E-state index in [1.807, 2.05) is 30.3 Å². The quantitative estimate of drug-likeness (QED) is 0.631. The van der Waals surface area contributed by atoms with Crippen molar-refractivity contribution in [1.82, 2.24) is 19.6 Å². The lowest BCUT2D eigenvalue weighted by Gasteiger charge is -1.99. The van der Waals surface area contributed by atoms with E-state index < -0.39 is 5.69 Å². The summed E-state index contributed by atoms with van der Waals surface area (Å²) in [5.74, 6) is 0.210. The Hall–Kier alpha value is -2.63. The molecule has 17 heavy (non-hydrogen) atoms. The highest BCUT2D eigenvalue weighted by Crippen LogP contribution is 2.13. The number of aromatic amines is 2. The second-order valence-electron chi connectivity index (χ2n) is 3.57. The van der Waals surface area contributed by atoms with E-state index in [1.165, 1.54) is 6.07 Å². The van der Waals surface area contributed by atoms with Crippen molar-refractivity contribution < 1.29 is 0 Å². The fraction of sp³-hybridized carbons (Fsp3) is 0. The van der Waals surface area contributed by atoms with Gasteiger partial charge in [0.25, 0.3) is 5.56 Å². The Morgan fingerprint density at radius 3 is 2.65 bits per heavy atom. The van der Waals surface area contributed by atoms with Crippen LogP contribution in [0.15, 0.2) is 46.0 Å². The third-order valence-electron chi connectivity index (χ3n) is 2.43. The van der Waals surface area contributed by atoms with Crippen LogP contribution >= 0.6 is 0 Å². The molecule has 2 N–H and O–H groups in total. The Bertz CT molecular complexity index is 782. The molecule has 0 radical (unpaired) electrons. The number of fused-ring (bicyclic) bond motifs is 1. The first kappa shape index (κ1) is 9.59. The molecule has 3 aromatic rings. The second kappa shape index (κ2) is 3.44. The molecule has 6 heteroatoms. The Kier molecular flexibility index (Phi) is 1.94. The fourth-order valence-electron chi connectivity index (χ4n) is 1.66. The summed E-state index contributed by atoms with van der Waals surface area (Å²) in [6, 6.07) is 10.7. The van der Waals surface area contributed by atoms with E-state index in [0.717, 1.165) is 10.1 Å². The SMILES string of the molecule is O=c1[nH]c2nc(-c3ccccc3)cc(=O)n2[nH]1. The van der Waals surface area contributed by atoms with E-state index >= 15 is 0 Å². The standard InChI is InChI=1S/C11H8N4O2/c16-9-6-8(7-4-2-1-3-5-7)12-10-13-11(17)14-15(9)10/h1-6H,(H2,12,13,14,17). The smallest absolute Gasteiger partial charge is 0.275 e. The summed E-state index contributed by atoms with van der Waals surface area (Å²) in [4.78, 5) is 29.5. The van der Waals surface area contributed by atoms with Gasteiger partial charge in [0.1, 0.15) is 0 Å². The predicted octanol–water partition coefficient (Wildman–Crippen LogP) is 0.378. The maximum atomic E-state index is 11.7. The lowest BCUT2D eigenvalue weighted by molar-refractivity contribution is 0.884. The number of nitrogens with one attached hydrogen (secondary N) is 2. The second-order valence-corrected chi connectivity index (χ2v) is 3.57. The van der Waals surface area contributed by atoms with Gasteiger partial charge >= 0.3 is 5.69 Å². The maximum Gasteiger partial charge on any atom is 0.340 e. The third kappa shape index (κ3) is 1.55. The fourth-order valence-corrected chi connectivity index (χ4v) is 1.66. The molecule has 0 saturated carbocycles. The van der Waals surface area contributed by atoms with Gasteiger partial charge in [-0.3, -0.25) is 9.78 Å². The molecule has 0 unspecified atom stereocenters. The highest BCUT2D eigenvalue weighted by atomic mass is 16.2. The van der Waals surface area contributed by atoms with Crippen LogP contribution in [0.1, 0.15) is 0 Å². The molecular weight excluding hydrogens is 220 g/mol. The van der Waals surface area contributed by atoms with Crippen LogP contribution in [-0.2, 0) is 0 Å². The average molecular weight is 228 g/mol. The number of benzene rings is 1. The van der Waals surface area contributed by atoms with E-state index in [1.54, 1.807) is 0 Å². The molecule has 2 heterocycles. The minimum Gasteiger partial charge on any atom is -0.275 e. The molecule has 6 nitrogen and oxygen atoms in total. The van der Waals surface area contributed by atoms with Crippen LogP contribution in [0, 0.1) is 0 Å². The van der Waals surface area contributed by atoms with Gasteiger partial charge in [0.2, 0.25) is 5.78 Å². The first-order chi connectivity index (χ1) is 8.24. The molecule has 0 atom stereocenters. The van der Waals surface area contributed by atoms with Gasteiger partial charge in [0.05, 0.1) is 5.69 Å². The predicted molar refractivity (Wildman–Crippen MR) is 61.9 cm³/mol. The number of H-pyrrole nitrogens is 2. The van der Waals surface area contributed by atoms with E-state index in [9.17, 15) is 9.59 Å². The molecule has 0 bridgehead atoms. The van der Waals surface area contributed by atoms with Crippen LogP contribution in [0.2, 0.25) is 0 Å². The van der Waals surface area contributed by atoms with Crippen molar-refractivity contribution in [2.24, 2.45) is 0 Å². The monoisotopic (exact) mass is 228 g/mol. The zero-order chi connectivity index (χ0) is 11.8. The summed E-state index contributed by atoms with van der Waals surface area (Å²) in [5.41, 5.74) is 0.576. The van der Waals surface area contributed by atoms with Crippen LogP contribution in [0.5, 0.6) is 0 Å². The van der Waals surface area contributed by atoms with Crippen molar-refractivity contribution >= 4 is 5.78 Å². The Morgan fingerprint density at radius 2 is 1.88 bits per heavy atom. The number of hydrogen-bond acceptors (Lipinski definition) is 3. The van der Waals surface area contributed by atoms with Gasteiger partial charge in [-0.1, -0.05) is 30.3 Å². The molecule has 0 aliphatic carbocycles. The van der Waals surface area contributed by atoms with Crippen molar-refractivity contribution in [1.29, 1.82) is 0 Å². The Labute approximate surface area is 94.6 Å². The zero-order valence-electron chi connectivity index (χ0n) is 8.68. The van der Waals surface area contributed by atoms with Crippen LogP contribution in [-0.4, -0.2) is 19.6 Å². The van der Waals surface area contributed by atoms with Crippen molar-refractivity contribution in [3.63, 3.8) is 0 Å². The number of nitrogens with zero attached hydrogens (tertiary/aromatic N) is 2. The number of aromatic nitrogens is 4. The van der Waals surface area contributed by atoms with E-state index in [4.69, 9.17) is 0 Å². The summed E-state index contributed by atoms with van der Waals surface area (Å²) in [7, 11) is 0. The van der Waals surface area contributed by atoms with Crippen molar-refractivity contribution in [2.45, 2.75) is 0 Å². The highest BCUT2D eigenvalue weighted by Gasteiger charge is 2.06. The minimum atomic E-state index is -0.459. The summed E-state index contributed by atoms with van der Waals surface area (Å²) in [5, 5.41) is 2.34. The van der Waals surface area contributed by atoms with Crippen LogP contribution < -0.4 is 11.2 Å². The van der Waals surface area contributed by atoms with Gasteiger partial charge in [-0.2, -0.15) is 4.52 Å². The molecule has 1 aromatic carbocycles. The molecule has 0 aliphatic heterocycles. The molecule has 0 saturated heterocycles. The topological polar surface area (TPSA) is 83.0 Å². The van der Waals surface area contributed by atoms with Crippen LogP contribution in [0.25, 0.3) is 17.0 Å². The molecule has 0 fully saturated rings. The van der Waals surface area contributed by atoms with Crippen molar-refractivity contribution in [2.75, 3.05) is 0 Å². The maximum absolute atomic E-state index is 11.7. The van der Waals surface area contributed by atoms with E-state index in [2.05, 4.69) is 15.1 Å². The lowest BCUT2D eigenvalue weighted by atomic mass is 10.1. The van der Waals surface area contributed by atoms with Crippen LogP contribution in [0.4, 0.5) is 0 Å². The normalized spacial score (nSPS) is 10.8. The highest BCUT2D eigenvalue weighted by molar-refractivity contribution is 5.59. The Morgan fingerprint density at radius 1 is 1.12 bits per heavy atom. The van der Waals surface area contributed by atoms with Gasteiger partial charge in [-0.25, -0.2) is 14.9 Å². The minimum absolute atomic E-state index is 0.210.